The fourth-order valence-corrected chi connectivity index (χ4v) is 3.83. The van der Waals surface area contributed by atoms with Gasteiger partial charge >= 0.3 is 0 Å². The molecule has 0 aliphatic heterocycles. The number of ether oxygens (including phenoxy) is 1. The topological polar surface area (TPSA) is 58.6 Å². The van der Waals surface area contributed by atoms with E-state index >= 15 is 0 Å². The van der Waals surface area contributed by atoms with Crippen LogP contribution in [0.1, 0.15) is 49.8 Å². The molecule has 2 aromatic rings. The summed E-state index contributed by atoms with van der Waals surface area (Å²) in [5, 5.41) is 3.83. The van der Waals surface area contributed by atoms with E-state index in [1.165, 1.54) is 4.90 Å². The quantitative estimate of drug-likeness (QED) is 0.420. The Hall–Kier alpha value is -2.24. The van der Waals surface area contributed by atoms with E-state index in [2.05, 4.69) is 12.2 Å². The van der Waals surface area contributed by atoms with Gasteiger partial charge in [0, 0.05) is 28.7 Å². The molecule has 2 aromatic carbocycles. The molecule has 1 atom stereocenters. The summed E-state index contributed by atoms with van der Waals surface area (Å²) >= 11 is 12.7. The number of rotatable bonds is 11. The average Bonchev–Trinajstić information content (AvgIpc) is 2.76. The number of nitrogens with zero attached hydrogens (tertiary/aromatic N) is 1. The van der Waals surface area contributed by atoms with E-state index in [-0.39, 0.29) is 25.0 Å². The zero-order valence-electron chi connectivity index (χ0n) is 19.2. The Kier molecular flexibility index (Phi) is 10.3. The fraction of sp³-hybridized carbons (Fsp3) is 0.440. The second-order valence-corrected chi connectivity index (χ2v) is 8.64. The van der Waals surface area contributed by atoms with Gasteiger partial charge in [-0.15, -0.1) is 0 Å². The third-order valence-corrected chi connectivity index (χ3v) is 6.15. The van der Waals surface area contributed by atoms with Gasteiger partial charge in [-0.25, -0.2) is 0 Å². The second kappa shape index (κ2) is 12.7. The summed E-state index contributed by atoms with van der Waals surface area (Å²) in [6.45, 7) is 8.44. The lowest BCUT2D eigenvalue weighted by Gasteiger charge is -2.31. The summed E-state index contributed by atoms with van der Waals surface area (Å²) in [5.74, 6) is 0.109. The van der Waals surface area contributed by atoms with Crippen molar-refractivity contribution in [3.63, 3.8) is 0 Å². The number of aryl methyl sites for hydroxylation is 2. The SMILES string of the molecule is CCCCNC(=O)C(CC)N(Cc1c(Cl)cccc1Cl)C(=O)COc1ccc(C)c(C)c1. The van der Waals surface area contributed by atoms with Crippen LogP contribution in [0.3, 0.4) is 0 Å². The smallest absolute Gasteiger partial charge is 0.261 e. The number of unbranched alkanes of at least 4 members (excludes halogenated alkanes) is 1. The van der Waals surface area contributed by atoms with Crippen molar-refractivity contribution >= 4 is 35.0 Å². The van der Waals surface area contributed by atoms with Gasteiger partial charge < -0.3 is 15.0 Å². The van der Waals surface area contributed by atoms with Gasteiger partial charge in [-0.05, 0) is 62.1 Å². The average molecular weight is 479 g/mol. The van der Waals surface area contributed by atoms with Crippen molar-refractivity contribution in [3.05, 3.63) is 63.1 Å². The Morgan fingerprint density at radius 3 is 2.34 bits per heavy atom. The Morgan fingerprint density at radius 2 is 1.75 bits per heavy atom. The van der Waals surface area contributed by atoms with Gasteiger partial charge in [-0.3, -0.25) is 9.59 Å². The lowest BCUT2D eigenvalue weighted by Crippen LogP contribution is -2.50. The highest BCUT2D eigenvalue weighted by atomic mass is 35.5. The van der Waals surface area contributed by atoms with Gasteiger partial charge in [-0.1, -0.05) is 55.6 Å². The number of benzene rings is 2. The molecule has 0 aliphatic rings. The highest BCUT2D eigenvalue weighted by Gasteiger charge is 2.30. The molecule has 0 aromatic heterocycles. The Labute approximate surface area is 201 Å². The van der Waals surface area contributed by atoms with Crippen molar-refractivity contribution in [2.24, 2.45) is 0 Å². The molecule has 0 spiro atoms. The van der Waals surface area contributed by atoms with E-state index in [1.807, 2.05) is 39.0 Å². The number of nitrogens with one attached hydrogen (secondary N) is 1. The third-order valence-electron chi connectivity index (χ3n) is 5.45. The number of hydrogen-bond acceptors (Lipinski definition) is 3. The predicted octanol–water partition coefficient (Wildman–Crippen LogP) is 5.71. The van der Waals surface area contributed by atoms with Crippen LogP contribution in [0.4, 0.5) is 0 Å². The van der Waals surface area contributed by atoms with Gasteiger partial charge in [0.05, 0.1) is 0 Å². The van der Waals surface area contributed by atoms with Crippen molar-refractivity contribution in [3.8, 4) is 5.75 Å². The minimum atomic E-state index is -0.657. The lowest BCUT2D eigenvalue weighted by atomic mass is 10.1. The fourth-order valence-electron chi connectivity index (χ4n) is 3.31. The zero-order chi connectivity index (χ0) is 23.7. The van der Waals surface area contributed by atoms with E-state index in [9.17, 15) is 9.59 Å². The molecule has 0 aliphatic carbocycles. The van der Waals surface area contributed by atoms with Crippen LogP contribution < -0.4 is 10.1 Å². The molecule has 0 fully saturated rings. The molecule has 0 bridgehead atoms. The van der Waals surface area contributed by atoms with Crippen molar-refractivity contribution in [2.75, 3.05) is 13.2 Å². The molecule has 0 radical (unpaired) electrons. The van der Waals surface area contributed by atoms with Crippen molar-refractivity contribution in [1.82, 2.24) is 10.2 Å². The number of hydrogen-bond donors (Lipinski definition) is 1. The molecule has 2 amide bonds. The van der Waals surface area contributed by atoms with Gasteiger partial charge in [-0.2, -0.15) is 0 Å². The minimum absolute atomic E-state index is 0.118. The summed E-state index contributed by atoms with van der Waals surface area (Å²) < 4.78 is 5.77. The molecule has 32 heavy (non-hydrogen) atoms. The first-order chi connectivity index (χ1) is 15.3. The van der Waals surface area contributed by atoms with E-state index in [1.54, 1.807) is 18.2 Å². The maximum absolute atomic E-state index is 13.3. The first kappa shape index (κ1) is 26.0. The zero-order valence-corrected chi connectivity index (χ0v) is 20.7. The number of carbonyl (C=O) groups excluding carboxylic acids is 2. The van der Waals surface area contributed by atoms with Crippen LogP contribution in [0, 0.1) is 13.8 Å². The Morgan fingerprint density at radius 1 is 1.06 bits per heavy atom. The highest BCUT2D eigenvalue weighted by Crippen LogP contribution is 2.27. The summed E-state index contributed by atoms with van der Waals surface area (Å²) in [4.78, 5) is 27.7. The van der Waals surface area contributed by atoms with E-state index in [0.29, 0.717) is 34.3 Å². The maximum Gasteiger partial charge on any atom is 0.261 e. The third kappa shape index (κ3) is 7.14. The summed E-state index contributed by atoms with van der Waals surface area (Å²) in [6, 6.07) is 10.2. The minimum Gasteiger partial charge on any atom is -0.484 e. The van der Waals surface area contributed by atoms with Crippen LogP contribution in [0.25, 0.3) is 0 Å². The number of carbonyl (C=O) groups is 2. The summed E-state index contributed by atoms with van der Waals surface area (Å²) in [6.07, 6.45) is 2.30. The molecule has 7 heteroatoms. The van der Waals surface area contributed by atoms with Crippen LogP contribution in [0.2, 0.25) is 10.0 Å². The van der Waals surface area contributed by atoms with Gasteiger partial charge in [0.2, 0.25) is 5.91 Å². The van der Waals surface area contributed by atoms with Crippen molar-refractivity contribution < 1.29 is 14.3 Å². The summed E-state index contributed by atoms with van der Waals surface area (Å²) in [5.41, 5.74) is 2.83. The Bertz CT molecular complexity index is 913. The first-order valence-electron chi connectivity index (χ1n) is 11.0. The predicted molar refractivity (Wildman–Crippen MR) is 130 cm³/mol. The molecule has 1 unspecified atom stereocenters. The summed E-state index contributed by atoms with van der Waals surface area (Å²) in [7, 11) is 0. The van der Waals surface area contributed by atoms with Crippen LogP contribution >= 0.6 is 23.2 Å². The largest absolute Gasteiger partial charge is 0.484 e. The standard InChI is InChI=1S/C25H32Cl2N2O3/c1-5-7-13-28-25(31)23(6-2)29(15-20-21(26)9-8-10-22(20)27)24(30)16-32-19-12-11-17(3)18(4)14-19/h8-12,14,23H,5-7,13,15-16H2,1-4H3,(H,28,31). The van der Waals surface area contributed by atoms with Crippen molar-refractivity contribution in [2.45, 2.75) is 59.5 Å². The molecular formula is C25H32Cl2N2O3. The van der Waals surface area contributed by atoms with Crippen LogP contribution in [-0.2, 0) is 16.1 Å². The molecule has 0 saturated carbocycles. The molecule has 0 heterocycles. The molecular weight excluding hydrogens is 447 g/mol. The molecule has 0 saturated heterocycles. The van der Waals surface area contributed by atoms with E-state index in [4.69, 9.17) is 27.9 Å². The second-order valence-electron chi connectivity index (χ2n) is 7.83. The first-order valence-corrected chi connectivity index (χ1v) is 11.7. The molecule has 174 valence electrons. The molecule has 1 N–H and O–H groups in total. The van der Waals surface area contributed by atoms with Crippen molar-refractivity contribution in [1.29, 1.82) is 0 Å². The highest BCUT2D eigenvalue weighted by molar-refractivity contribution is 6.36. The number of amides is 2. The normalized spacial score (nSPS) is 11.7. The van der Waals surface area contributed by atoms with E-state index in [0.717, 1.165) is 24.0 Å². The maximum atomic E-state index is 13.3. The number of halogens is 2. The van der Waals surface area contributed by atoms with Crippen LogP contribution in [0.15, 0.2) is 36.4 Å². The van der Waals surface area contributed by atoms with E-state index < -0.39 is 6.04 Å². The van der Waals surface area contributed by atoms with Crippen LogP contribution in [0.5, 0.6) is 5.75 Å². The monoisotopic (exact) mass is 478 g/mol. The Balaban J connectivity index is 2.25. The van der Waals surface area contributed by atoms with Gasteiger partial charge in [0.15, 0.2) is 6.61 Å². The van der Waals surface area contributed by atoms with Gasteiger partial charge in [0.1, 0.15) is 11.8 Å². The van der Waals surface area contributed by atoms with Crippen LogP contribution in [-0.4, -0.2) is 35.9 Å². The lowest BCUT2D eigenvalue weighted by molar-refractivity contribution is -0.143. The van der Waals surface area contributed by atoms with Gasteiger partial charge in [0.25, 0.3) is 5.91 Å². The molecule has 5 nitrogen and oxygen atoms in total. The molecule has 2 rings (SSSR count).